The summed E-state index contributed by atoms with van der Waals surface area (Å²) in [6, 6.07) is 0. The van der Waals surface area contributed by atoms with Gasteiger partial charge in [0.2, 0.25) is 0 Å². The van der Waals surface area contributed by atoms with Gasteiger partial charge in [-0.15, -0.1) is 0 Å². The van der Waals surface area contributed by atoms with Crippen LogP contribution in [-0.2, 0) is 8.58 Å². The molecule has 34 valence electrons. The SMILES string of the molecule is C[Si](=O)O[Si]O. The molecule has 0 fully saturated rings. The summed E-state index contributed by atoms with van der Waals surface area (Å²) in [5, 5.41) is 0. The molecule has 0 bridgehead atoms. The van der Waals surface area contributed by atoms with E-state index in [2.05, 4.69) is 4.12 Å². The first-order valence-electron chi connectivity index (χ1n) is 1.34. The Morgan fingerprint density at radius 2 is 2.50 bits per heavy atom. The summed E-state index contributed by atoms with van der Waals surface area (Å²) >= 11 is 0. The number of hydrogen-bond acceptors (Lipinski definition) is 3. The zero-order chi connectivity index (χ0) is 4.99. The highest BCUT2D eigenvalue weighted by atomic mass is 28.3. The maximum atomic E-state index is 9.85. The van der Waals surface area contributed by atoms with Gasteiger partial charge < -0.3 is 13.4 Å². The third kappa shape index (κ3) is 3.99. The molecule has 1 N–H and O–H groups in total. The van der Waals surface area contributed by atoms with Crippen molar-refractivity contribution in [2.45, 2.75) is 6.55 Å². The van der Waals surface area contributed by atoms with E-state index in [1.165, 1.54) is 6.55 Å². The van der Waals surface area contributed by atoms with Gasteiger partial charge in [0.15, 0.2) is 0 Å². The molecule has 0 aliphatic carbocycles. The second-order valence-electron chi connectivity index (χ2n) is 0.685. The molecule has 3 nitrogen and oxygen atoms in total. The summed E-state index contributed by atoms with van der Waals surface area (Å²) in [7, 11) is -2.50. The highest BCUT2D eigenvalue weighted by Crippen LogP contribution is 1.62. The van der Waals surface area contributed by atoms with Gasteiger partial charge in [0.25, 0.3) is 0 Å². The minimum atomic E-state index is -1.87. The lowest BCUT2D eigenvalue weighted by Crippen LogP contribution is -2.04. The minimum absolute atomic E-state index is 0.629. The van der Waals surface area contributed by atoms with Crippen LogP contribution in [0.2, 0.25) is 6.55 Å². The lowest BCUT2D eigenvalue weighted by atomic mass is 11.9. The van der Waals surface area contributed by atoms with Crippen molar-refractivity contribution < 1.29 is 13.4 Å². The lowest BCUT2D eigenvalue weighted by molar-refractivity contribution is 0.416. The van der Waals surface area contributed by atoms with Crippen LogP contribution in [0.25, 0.3) is 0 Å². The molecule has 0 atom stereocenters. The fraction of sp³-hybridized carbons (Fsp3) is 1.00. The van der Waals surface area contributed by atoms with Crippen LogP contribution in [0.5, 0.6) is 0 Å². The highest BCUT2D eigenvalue weighted by Gasteiger charge is 1.92. The summed E-state index contributed by atoms with van der Waals surface area (Å²) in [5.74, 6) is 0. The van der Waals surface area contributed by atoms with Gasteiger partial charge in [0, 0.05) is 6.55 Å². The van der Waals surface area contributed by atoms with Gasteiger partial charge >= 0.3 is 18.9 Å². The molecule has 0 aromatic rings. The molecule has 2 radical (unpaired) electrons. The van der Waals surface area contributed by atoms with Gasteiger partial charge in [-0.3, -0.25) is 0 Å². The molecule has 0 aliphatic rings. The average molecular weight is 120 g/mol. The standard InChI is InChI=1S/CH4O3Si2/c1-6(3)4-5-2/h2H,1H3. The van der Waals surface area contributed by atoms with E-state index in [1.54, 1.807) is 0 Å². The van der Waals surface area contributed by atoms with Gasteiger partial charge in [-0.2, -0.15) is 0 Å². The van der Waals surface area contributed by atoms with Crippen LogP contribution < -0.4 is 0 Å². The van der Waals surface area contributed by atoms with Crippen molar-refractivity contribution in [1.29, 1.82) is 0 Å². The first kappa shape index (κ1) is 5.99. The summed E-state index contributed by atoms with van der Waals surface area (Å²) in [5.41, 5.74) is 0. The fourth-order valence-corrected chi connectivity index (χ4v) is 0.578. The van der Waals surface area contributed by atoms with Crippen molar-refractivity contribution in [2.75, 3.05) is 0 Å². The third-order valence-electron chi connectivity index (χ3n) is 0.189. The highest BCUT2D eigenvalue weighted by molar-refractivity contribution is 6.42. The number of hydrogen-bond donors (Lipinski definition) is 1. The lowest BCUT2D eigenvalue weighted by Gasteiger charge is -1.84. The molecular weight excluding hydrogens is 116 g/mol. The predicted octanol–water partition coefficient (Wildman–Crippen LogP) is -0.922. The Morgan fingerprint density at radius 3 is 2.50 bits per heavy atom. The zero-order valence-corrected chi connectivity index (χ0v) is 5.26. The summed E-state index contributed by atoms with van der Waals surface area (Å²) in [6.45, 7) is 1.42. The smallest absolute Gasteiger partial charge is 0.504 e. The molecule has 0 unspecified atom stereocenters. The fourth-order valence-electron chi connectivity index (χ4n) is 0.0643. The van der Waals surface area contributed by atoms with Crippen molar-refractivity contribution in [3.05, 3.63) is 0 Å². The van der Waals surface area contributed by atoms with Crippen LogP contribution in [0.3, 0.4) is 0 Å². The minimum Gasteiger partial charge on any atom is -0.557 e. The van der Waals surface area contributed by atoms with E-state index in [1.807, 2.05) is 0 Å². The van der Waals surface area contributed by atoms with E-state index >= 15 is 0 Å². The molecule has 5 heteroatoms. The molecule has 0 spiro atoms. The summed E-state index contributed by atoms with van der Waals surface area (Å²) in [4.78, 5) is 7.87. The van der Waals surface area contributed by atoms with Crippen LogP contribution in [0.1, 0.15) is 0 Å². The monoisotopic (exact) mass is 120 g/mol. The van der Waals surface area contributed by atoms with Crippen molar-refractivity contribution >= 4 is 18.9 Å². The van der Waals surface area contributed by atoms with Crippen molar-refractivity contribution in [1.82, 2.24) is 0 Å². The van der Waals surface area contributed by atoms with Crippen LogP contribution in [0, 0.1) is 0 Å². The Bertz CT molecular complexity index is 52.8. The van der Waals surface area contributed by atoms with Gasteiger partial charge in [-0.1, -0.05) is 0 Å². The van der Waals surface area contributed by atoms with Gasteiger partial charge in [0.1, 0.15) is 0 Å². The number of rotatable bonds is 2. The van der Waals surface area contributed by atoms with Gasteiger partial charge in [-0.05, 0) is 0 Å². The quantitative estimate of drug-likeness (QED) is 0.479. The van der Waals surface area contributed by atoms with Gasteiger partial charge in [-0.25, -0.2) is 0 Å². The largest absolute Gasteiger partial charge is 0.557 e. The van der Waals surface area contributed by atoms with E-state index < -0.39 is 18.9 Å². The molecule has 0 aromatic carbocycles. The Morgan fingerprint density at radius 1 is 2.00 bits per heavy atom. The molecule has 0 saturated carbocycles. The second kappa shape index (κ2) is 3.19. The predicted molar refractivity (Wildman–Crippen MR) is 21.4 cm³/mol. The van der Waals surface area contributed by atoms with Crippen molar-refractivity contribution in [2.24, 2.45) is 0 Å². The molecule has 0 aromatic heterocycles. The molecule has 0 rings (SSSR count). The van der Waals surface area contributed by atoms with Crippen LogP contribution in [-0.4, -0.2) is 23.7 Å². The normalized spacial score (nSPS) is 7.67. The van der Waals surface area contributed by atoms with E-state index in [0.29, 0.717) is 0 Å². The van der Waals surface area contributed by atoms with Crippen LogP contribution >= 0.6 is 0 Å². The Labute approximate surface area is 39.8 Å². The van der Waals surface area contributed by atoms with Crippen molar-refractivity contribution in [3.8, 4) is 0 Å². The second-order valence-corrected chi connectivity index (χ2v) is 2.67. The summed E-state index contributed by atoms with van der Waals surface area (Å²) in [6.07, 6.45) is 0. The third-order valence-corrected chi connectivity index (χ3v) is 1.70. The van der Waals surface area contributed by atoms with Crippen LogP contribution in [0.15, 0.2) is 0 Å². The molecular formula is CH4O3Si2. The topological polar surface area (TPSA) is 46.5 Å². The van der Waals surface area contributed by atoms with E-state index in [0.717, 1.165) is 0 Å². The summed E-state index contributed by atoms with van der Waals surface area (Å²) < 4.78 is 14.0. The van der Waals surface area contributed by atoms with Crippen LogP contribution in [0.4, 0.5) is 0 Å². The molecule has 0 aliphatic heterocycles. The first-order valence-corrected chi connectivity index (χ1v) is 4.01. The molecule has 0 heterocycles. The van der Waals surface area contributed by atoms with E-state index in [4.69, 9.17) is 4.80 Å². The van der Waals surface area contributed by atoms with E-state index in [9.17, 15) is 4.46 Å². The maximum Gasteiger partial charge on any atom is 0.504 e. The van der Waals surface area contributed by atoms with E-state index in [-0.39, 0.29) is 0 Å². The Hall–Kier alpha value is -0.00623. The molecule has 0 amide bonds. The first-order chi connectivity index (χ1) is 2.77. The zero-order valence-electron chi connectivity index (χ0n) is 3.26. The Kier molecular flexibility index (Phi) is 3.19. The maximum absolute atomic E-state index is 9.85. The van der Waals surface area contributed by atoms with Gasteiger partial charge in [0.05, 0.1) is 0 Å². The molecule has 0 saturated heterocycles. The van der Waals surface area contributed by atoms with Crippen molar-refractivity contribution in [3.63, 3.8) is 0 Å². The average Bonchev–Trinajstić information content (AvgIpc) is 1.35. The molecule has 6 heavy (non-hydrogen) atoms. The Balaban J connectivity index is 2.83.